The molecule has 0 radical (unpaired) electrons. The Morgan fingerprint density at radius 2 is 2.00 bits per heavy atom. The molecule has 2 aromatic rings. The molecule has 0 aliphatic heterocycles. The molecule has 4 nitrogen and oxygen atoms in total. The molecule has 0 saturated heterocycles. The monoisotopic (exact) mass is 308 g/mol. The summed E-state index contributed by atoms with van der Waals surface area (Å²) < 4.78 is 0. The predicted octanol–water partition coefficient (Wildman–Crippen LogP) is 3.73. The highest BCUT2D eigenvalue weighted by molar-refractivity contribution is 7.14. The molecule has 0 atom stereocenters. The van der Waals surface area contributed by atoms with Crippen molar-refractivity contribution in [2.24, 2.45) is 0 Å². The second kappa shape index (κ2) is 6.28. The second-order valence-electron chi connectivity index (χ2n) is 4.59. The molecular weight excluding hydrogens is 292 g/mol. The predicted molar refractivity (Wildman–Crippen MR) is 82.8 cm³/mol. The highest BCUT2D eigenvalue weighted by Crippen LogP contribution is 2.22. The fraction of sp³-hybridized carbons (Fsp3) is 0.357. The summed E-state index contributed by atoms with van der Waals surface area (Å²) in [6.45, 7) is 5.78. The standard InChI is InChI=1S/C14H16N2O2S2/c1-8-7-19-14(15-8)16-13(18)5-4-12(17)11-6-9(2)20-10(11)3/h6-7H,4-5H2,1-3H3,(H,15,16,18). The quantitative estimate of drug-likeness (QED) is 0.856. The number of nitrogens with one attached hydrogen (secondary N) is 1. The van der Waals surface area contributed by atoms with Crippen molar-refractivity contribution >= 4 is 39.5 Å². The van der Waals surface area contributed by atoms with Gasteiger partial charge in [-0.3, -0.25) is 9.59 Å². The van der Waals surface area contributed by atoms with E-state index in [0.29, 0.717) is 5.13 Å². The molecular formula is C14H16N2O2S2. The third-order valence-corrected chi connectivity index (χ3v) is 4.63. The van der Waals surface area contributed by atoms with Crippen molar-refractivity contribution < 1.29 is 9.59 Å². The Balaban J connectivity index is 1.87. The summed E-state index contributed by atoms with van der Waals surface area (Å²) in [5.41, 5.74) is 1.62. The minimum absolute atomic E-state index is 0.0253. The molecule has 0 unspecified atom stereocenters. The average molecular weight is 308 g/mol. The number of aryl methyl sites for hydroxylation is 3. The number of aromatic nitrogens is 1. The summed E-state index contributed by atoms with van der Waals surface area (Å²) in [5, 5.41) is 5.17. The van der Waals surface area contributed by atoms with Gasteiger partial charge in [0, 0.05) is 33.5 Å². The van der Waals surface area contributed by atoms with Crippen LogP contribution in [0.1, 0.15) is 38.6 Å². The van der Waals surface area contributed by atoms with Gasteiger partial charge in [-0.25, -0.2) is 4.98 Å². The van der Waals surface area contributed by atoms with Gasteiger partial charge in [-0.15, -0.1) is 22.7 Å². The van der Waals surface area contributed by atoms with Crippen LogP contribution >= 0.6 is 22.7 Å². The lowest BCUT2D eigenvalue weighted by Gasteiger charge is -2.01. The number of thiophene rings is 1. The van der Waals surface area contributed by atoms with Gasteiger partial charge >= 0.3 is 0 Å². The van der Waals surface area contributed by atoms with Gasteiger partial charge in [0.15, 0.2) is 10.9 Å². The third kappa shape index (κ3) is 3.74. The summed E-state index contributed by atoms with van der Waals surface area (Å²) in [6.07, 6.45) is 0.416. The van der Waals surface area contributed by atoms with Gasteiger partial charge < -0.3 is 5.32 Å². The lowest BCUT2D eigenvalue weighted by atomic mass is 10.1. The number of hydrogen-bond acceptors (Lipinski definition) is 5. The fourth-order valence-electron chi connectivity index (χ4n) is 1.86. The van der Waals surface area contributed by atoms with Crippen LogP contribution in [0.4, 0.5) is 5.13 Å². The van der Waals surface area contributed by atoms with E-state index >= 15 is 0 Å². The van der Waals surface area contributed by atoms with E-state index < -0.39 is 0 Å². The first kappa shape index (κ1) is 14.9. The molecule has 106 valence electrons. The number of thiazole rings is 1. The fourth-order valence-corrected chi connectivity index (χ4v) is 3.51. The highest BCUT2D eigenvalue weighted by Gasteiger charge is 2.14. The van der Waals surface area contributed by atoms with Crippen molar-refractivity contribution in [1.82, 2.24) is 4.98 Å². The SMILES string of the molecule is Cc1csc(NC(=O)CCC(=O)c2cc(C)sc2C)n1. The Bertz CT molecular complexity index is 643. The number of nitrogens with zero attached hydrogens (tertiary/aromatic N) is 1. The minimum atomic E-state index is -0.169. The van der Waals surface area contributed by atoms with Gasteiger partial charge in [-0.1, -0.05) is 0 Å². The van der Waals surface area contributed by atoms with E-state index in [2.05, 4.69) is 10.3 Å². The Labute approximate surface area is 125 Å². The molecule has 0 aliphatic carbocycles. The smallest absolute Gasteiger partial charge is 0.226 e. The molecule has 1 amide bonds. The summed E-state index contributed by atoms with van der Waals surface area (Å²) in [4.78, 5) is 30.1. The van der Waals surface area contributed by atoms with E-state index in [-0.39, 0.29) is 24.5 Å². The highest BCUT2D eigenvalue weighted by atomic mass is 32.1. The first-order chi connectivity index (χ1) is 9.45. The lowest BCUT2D eigenvalue weighted by molar-refractivity contribution is -0.116. The third-order valence-electron chi connectivity index (χ3n) is 2.79. The van der Waals surface area contributed by atoms with Crippen LogP contribution in [0.25, 0.3) is 0 Å². The van der Waals surface area contributed by atoms with Crippen LogP contribution in [0.5, 0.6) is 0 Å². The first-order valence-electron chi connectivity index (χ1n) is 6.28. The molecule has 0 bridgehead atoms. The Hall–Kier alpha value is -1.53. The number of ketones is 1. The van der Waals surface area contributed by atoms with Gasteiger partial charge in [0.2, 0.25) is 5.91 Å². The summed E-state index contributed by atoms with van der Waals surface area (Å²) >= 11 is 3.00. The van der Waals surface area contributed by atoms with E-state index in [0.717, 1.165) is 21.0 Å². The van der Waals surface area contributed by atoms with Crippen molar-refractivity contribution in [1.29, 1.82) is 0 Å². The largest absolute Gasteiger partial charge is 0.302 e. The zero-order valence-corrected chi connectivity index (χ0v) is 13.3. The lowest BCUT2D eigenvalue weighted by Crippen LogP contribution is -2.13. The van der Waals surface area contributed by atoms with Crippen LogP contribution in [-0.2, 0) is 4.79 Å². The van der Waals surface area contributed by atoms with Crippen molar-refractivity contribution in [3.05, 3.63) is 32.5 Å². The number of hydrogen-bond donors (Lipinski definition) is 1. The van der Waals surface area contributed by atoms with E-state index in [9.17, 15) is 9.59 Å². The topological polar surface area (TPSA) is 59.1 Å². The first-order valence-corrected chi connectivity index (χ1v) is 7.97. The van der Waals surface area contributed by atoms with Crippen molar-refractivity contribution in [2.75, 3.05) is 5.32 Å². The van der Waals surface area contributed by atoms with Crippen molar-refractivity contribution in [2.45, 2.75) is 33.6 Å². The number of amides is 1. The molecule has 1 N–H and O–H groups in total. The number of anilines is 1. The molecule has 0 fully saturated rings. The van der Waals surface area contributed by atoms with Crippen LogP contribution in [-0.4, -0.2) is 16.7 Å². The molecule has 0 spiro atoms. The Kier molecular flexibility index (Phi) is 4.67. The maximum atomic E-state index is 12.1. The molecule has 2 heterocycles. The van der Waals surface area contributed by atoms with Gasteiger partial charge in [0.1, 0.15) is 0 Å². The van der Waals surface area contributed by atoms with Gasteiger partial charge in [0.05, 0.1) is 5.69 Å². The summed E-state index contributed by atoms with van der Waals surface area (Å²) in [6, 6.07) is 1.89. The van der Waals surface area contributed by atoms with Crippen LogP contribution in [0, 0.1) is 20.8 Å². The molecule has 0 saturated carbocycles. The summed E-state index contributed by atoms with van der Waals surface area (Å²) in [5.74, 6) is -0.144. The van der Waals surface area contributed by atoms with Gasteiger partial charge in [0.25, 0.3) is 0 Å². The maximum Gasteiger partial charge on any atom is 0.226 e. The van der Waals surface area contributed by atoms with Gasteiger partial charge in [-0.2, -0.15) is 0 Å². The van der Waals surface area contributed by atoms with Crippen molar-refractivity contribution in [3.8, 4) is 0 Å². The average Bonchev–Trinajstić information content (AvgIpc) is 2.92. The molecule has 20 heavy (non-hydrogen) atoms. The number of carbonyl (C=O) groups excluding carboxylic acids is 2. The Morgan fingerprint density at radius 1 is 1.25 bits per heavy atom. The normalized spacial score (nSPS) is 10.6. The van der Waals surface area contributed by atoms with E-state index in [1.54, 1.807) is 11.3 Å². The number of rotatable bonds is 5. The van der Waals surface area contributed by atoms with E-state index in [1.807, 2.05) is 32.2 Å². The van der Waals surface area contributed by atoms with E-state index in [4.69, 9.17) is 0 Å². The zero-order valence-electron chi connectivity index (χ0n) is 11.6. The zero-order chi connectivity index (χ0) is 14.7. The van der Waals surface area contributed by atoms with E-state index in [1.165, 1.54) is 11.3 Å². The van der Waals surface area contributed by atoms with Crippen LogP contribution in [0.15, 0.2) is 11.4 Å². The van der Waals surface area contributed by atoms with Crippen LogP contribution in [0.3, 0.4) is 0 Å². The summed E-state index contributed by atoms with van der Waals surface area (Å²) in [7, 11) is 0. The molecule has 2 rings (SSSR count). The molecule has 6 heteroatoms. The van der Waals surface area contributed by atoms with Crippen molar-refractivity contribution in [3.63, 3.8) is 0 Å². The van der Waals surface area contributed by atoms with Crippen LogP contribution in [0.2, 0.25) is 0 Å². The Morgan fingerprint density at radius 3 is 2.55 bits per heavy atom. The van der Waals surface area contributed by atoms with Crippen LogP contribution < -0.4 is 5.32 Å². The molecule has 2 aromatic heterocycles. The number of Topliss-reactive ketones (excluding diaryl/α,β-unsaturated/α-hetero) is 1. The maximum absolute atomic E-state index is 12.1. The number of carbonyl (C=O) groups is 2. The molecule has 0 aromatic carbocycles. The minimum Gasteiger partial charge on any atom is -0.302 e. The van der Waals surface area contributed by atoms with Gasteiger partial charge in [-0.05, 0) is 26.8 Å². The molecule has 0 aliphatic rings. The second-order valence-corrected chi connectivity index (χ2v) is 6.91.